The summed E-state index contributed by atoms with van der Waals surface area (Å²) in [6.45, 7) is 0. The van der Waals surface area contributed by atoms with Crippen molar-refractivity contribution in [3.05, 3.63) is 18.6 Å². The fourth-order valence-corrected chi connectivity index (χ4v) is 0.957. The zero-order chi connectivity index (χ0) is 8.39. The van der Waals surface area contributed by atoms with Crippen molar-refractivity contribution in [2.24, 2.45) is 0 Å². The largest absolute Gasteiger partial charge is 0.343 e. The number of pyridine rings is 1. The second-order valence-corrected chi connectivity index (χ2v) is 2.22. The van der Waals surface area contributed by atoms with E-state index in [0.717, 1.165) is 5.52 Å². The molecule has 0 aliphatic rings. The number of imidazole rings is 1. The van der Waals surface area contributed by atoms with E-state index in [0.29, 0.717) is 11.3 Å². The van der Waals surface area contributed by atoms with Gasteiger partial charge >= 0.3 is 6.41 Å². The van der Waals surface area contributed by atoms with Crippen LogP contribution in [-0.4, -0.2) is 21.4 Å². The minimum absolute atomic E-state index is 0.599. The normalized spacial score (nSPS) is 10.0. The number of aromatic nitrogens is 3. The monoisotopic (exact) mass is 161 g/mol. The molecule has 0 aliphatic carbocycles. The van der Waals surface area contributed by atoms with Crippen LogP contribution < -0.4 is 5.32 Å². The SMILES string of the molecule is O=[C]Nc1cnc2nc[nH]c2c1. The topological polar surface area (TPSA) is 70.7 Å². The third kappa shape index (κ3) is 1.01. The lowest BCUT2D eigenvalue weighted by molar-refractivity contribution is 0.561. The highest BCUT2D eigenvalue weighted by Gasteiger charge is 1.97. The smallest absolute Gasteiger partial charge is 0.314 e. The molecule has 1 radical (unpaired) electrons. The van der Waals surface area contributed by atoms with E-state index in [1.54, 1.807) is 18.8 Å². The molecule has 0 fully saturated rings. The van der Waals surface area contributed by atoms with E-state index in [1.807, 2.05) is 0 Å². The molecule has 1 amide bonds. The maximum Gasteiger partial charge on any atom is 0.314 e. The van der Waals surface area contributed by atoms with Crippen LogP contribution in [0.4, 0.5) is 5.69 Å². The lowest BCUT2D eigenvalue weighted by Gasteiger charge is -1.94. The molecule has 0 aromatic carbocycles. The number of amides is 1. The van der Waals surface area contributed by atoms with E-state index in [9.17, 15) is 4.79 Å². The third-order valence-electron chi connectivity index (χ3n) is 1.47. The van der Waals surface area contributed by atoms with Crippen molar-refractivity contribution in [1.82, 2.24) is 15.0 Å². The van der Waals surface area contributed by atoms with Crippen LogP contribution in [-0.2, 0) is 4.79 Å². The second-order valence-electron chi connectivity index (χ2n) is 2.22. The van der Waals surface area contributed by atoms with Gasteiger partial charge in [0.15, 0.2) is 5.65 Å². The van der Waals surface area contributed by atoms with Gasteiger partial charge in [-0.1, -0.05) is 0 Å². The Kier molecular flexibility index (Phi) is 1.48. The first kappa shape index (κ1) is 6.78. The van der Waals surface area contributed by atoms with Gasteiger partial charge in [-0.2, -0.15) is 0 Å². The van der Waals surface area contributed by atoms with Crippen molar-refractivity contribution in [2.45, 2.75) is 0 Å². The predicted molar refractivity (Wildman–Crippen MR) is 43.2 cm³/mol. The van der Waals surface area contributed by atoms with Crippen molar-refractivity contribution in [1.29, 1.82) is 0 Å². The number of aromatic amines is 1. The number of hydrogen-bond donors (Lipinski definition) is 2. The summed E-state index contributed by atoms with van der Waals surface area (Å²) < 4.78 is 0. The first-order valence-electron chi connectivity index (χ1n) is 3.32. The summed E-state index contributed by atoms with van der Waals surface area (Å²) in [6.07, 6.45) is 4.64. The molecule has 5 heteroatoms. The number of nitrogens with zero attached hydrogens (tertiary/aromatic N) is 2. The molecule has 2 N–H and O–H groups in total. The van der Waals surface area contributed by atoms with Gasteiger partial charge in [0.25, 0.3) is 0 Å². The number of rotatable bonds is 2. The molecular weight excluding hydrogens is 156 g/mol. The Labute approximate surface area is 67.8 Å². The first-order valence-corrected chi connectivity index (χ1v) is 3.32. The fraction of sp³-hybridized carbons (Fsp3) is 0. The quantitative estimate of drug-likeness (QED) is 0.627. The Morgan fingerprint density at radius 3 is 3.25 bits per heavy atom. The van der Waals surface area contributed by atoms with Gasteiger partial charge in [0.2, 0.25) is 0 Å². The van der Waals surface area contributed by atoms with E-state index < -0.39 is 0 Å². The minimum atomic E-state index is 0.599. The molecule has 2 aromatic heterocycles. The standard InChI is InChI=1S/C7H5N4O/c12-4-11-5-1-6-7(8-2-5)10-3-9-6/h1-3H,(H,11,12)(H,8,9,10). The third-order valence-corrected chi connectivity index (χ3v) is 1.47. The van der Waals surface area contributed by atoms with Crippen LogP contribution in [0.15, 0.2) is 18.6 Å². The van der Waals surface area contributed by atoms with E-state index >= 15 is 0 Å². The number of hydrogen-bond acceptors (Lipinski definition) is 3. The number of carbonyl (C=O) groups excluding carboxylic acids is 1. The summed E-state index contributed by atoms with van der Waals surface area (Å²) in [4.78, 5) is 20.7. The molecule has 5 nitrogen and oxygen atoms in total. The van der Waals surface area contributed by atoms with E-state index in [4.69, 9.17) is 0 Å². The molecule has 2 aromatic rings. The van der Waals surface area contributed by atoms with Crippen LogP contribution >= 0.6 is 0 Å². The van der Waals surface area contributed by atoms with Crippen LogP contribution in [0.1, 0.15) is 0 Å². The number of H-pyrrole nitrogens is 1. The van der Waals surface area contributed by atoms with Gasteiger partial charge < -0.3 is 10.3 Å². The Morgan fingerprint density at radius 1 is 1.50 bits per heavy atom. The Morgan fingerprint density at radius 2 is 2.42 bits per heavy atom. The molecule has 12 heavy (non-hydrogen) atoms. The highest BCUT2D eigenvalue weighted by atomic mass is 16.1. The summed E-state index contributed by atoms with van der Waals surface area (Å²) in [5.74, 6) is 0. The molecule has 0 spiro atoms. The average Bonchev–Trinajstić information content (AvgIpc) is 2.51. The van der Waals surface area contributed by atoms with Crippen molar-refractivity contribution in [3.63, 3.8) is 0 Å². The molecular formula is C7H5N4O. The van der Waals surface area contributed by atoms with Gasteiger partial charge in [-0.3, -0.25) is 4.79 Å². The lowest BCUT2D eigenvalue weighted by atomic mass is 10.4. The summed E-state index contributed by atoms with van der Waals surface area (Å²) in [7, 11) is 0. The fourth-order valence-electron chi connectivity index (χ4n) is 0.957. The van der Waals surface area contributed by atoms with Crippen LogP contribution in [0.2, 0.25) is 0 Å². The zero-order valence-electron chi connectivity index (χ0n) is 6.03. The van der Waals surface area contributed by atoms with Crippen molar-refractivity contribution in [3.8, 4) is 0 Å². The van der Waals surface area contributed by atoms with Crippen LogP contribution in [0, 0.1) is 0 Å². The Bertz CT molecular complexity index is 408. The molecule has 59 valence electrons. The number of nitrogens with one attached hydrogen (secondary N) is 2. The van der Waals surface area contributed by atoms with Crippen LogP contribution in [0.5, 0.6) is 0 Å². The Balaban J connectivity index is 2.52. The molecule has 0 aliphatic heterocycles. The van der Waals surface area contributed by atoms with Gasteiger partial charge in [-0.15, -0.1) is 0 Å². The molecule has 0 unspecified atom stereocenters. The maximum atomic E-state index is 9.96. The van der Waals surface area contributed by atoms with E-state index in [1.165, 1.54) is 6.20 Å². The van der Waals surface area contributed by atoms with Gasteiger partial charge in [-0.25, -0.2) is 9.97 Å². The molecule has 0 saturated heterocycles. The summed E-state index contributed by atoms with van der Waals surface area (Å²) in [6, 6.07) is 1.74. The number of anilines is 1. The lowest BCUT2D eigenvalue weighted by Crippen LogP contribution is -1.93. The Hall–Kier alpha value is -1.91. The average molecular weight is 161 g/mol. The molecule has 0 bridgehead atoms. The van der Waals surface area contributed by atoms with E-state index in [-0.39, 0.29) is 0 Å². The van der Waals surface area contributed by atoms with Gasteiger partial charge in [0.05, 0.1) is 23.7 Å². The number of fused-ring (bicyclic) bond motifs is 1. The maximum absolute atomic E-state index is 9.96. The van der Waals surface area contributed by atoms with Crippen LogP contribution in [0.25, 0.3) is 11.2 Å². The molecule has 0 saturated carbocycles. The van der Waals surface area contributed by atoms with Crippen molar-refractivity contribution >= 4 is 23.3 Å². The van der Waals surface area contributed by atoms with Crippen molar-refractivity contribution < 1.29 is 4.79 Å². The molecule has 0 atom stereocenters. The summed E-state index contributed by atoms with van der Waals surface area (Å²) >= 11 is 0. The highest BCUT2D eigenvalue weighted by molar-refractivity contribution is 5.79. The summed E-state index contributed by atoms with van der Waals surface area (Å²) in [5.41, 5.74) is 2.02. The van der Waals surface area contributed by atoms with Gasteiger partial charge in [0.1, 0.15) is 0 Å². The predicted octanol–water partition coefficient (Wildman–Crippen LogP) is 0.437. The van der Waals surface area contributed by atoms with Gasteiger partial charge in [-0.05, 0) is 6.07 Å². The summed E-state index contributed by atoms with van der Waals surface area (Å²) in [5, 5.41) is 2.37. The first-order chi connectivity index (χ1) is 5.90. The highest BCUT2D eigenvalue weighted by Crippen LogP contribution is 2.11. The zero-order valence-corrected chi connectivity index (χ0v) is 6.03. The van der Waals surface area contributed by atoms with Crippen LogP contribution in [0.3, 0.4) is 0 Å². The molecule has 2 rings (SSSR count). The molecule has 2 heterocycles. The van der Waals surface area contributed by atoms with E-state index in [2.05, 4.69) is 20.3 Å². The van der Waals surface area contributed by atoms with Crippen molar-refractivity contribution in [2.75, 3.05) is 5.32 Å². The minimum Gasteiger partial charge on any atom is -0.343 e. The second kappa shape index (κ2) is 2.61. The van der Waals surface area contributed by atoms with Gasteiger partial charge in [0, 0.05) is 0 Å².